The van der Waals surface area contributed by atoms with E-state index in [2.05, 4.69) is 10.2 Å². The van der Waals surface area contributed by atoms with Crippen LogP contribution in [-0.2, 0) is 0 Å². The molecule has 1 aliphatic heterocycles. The van der Waals surface area contributed by atoms with Gasteiger partial charge in [-0.05, 0) is 23.6 Å². The molecule has 7 heteroatoms. The molecule has 2 aromatic rings. The van der Waals surface area contributed by atoms with E-state index in [1.165, 1.54) is 30.6 Å². The third-order valence-electron chi connectivity index (χ3n) is 3.91. The summed E-state index contributed by atoms with van der Waals surface area (Å²) in [6.07, 6.45) is 0. The normalized spacial score (nSPS) is 16.7. The first-order chi connectivity index (χ1) is 10.7. The van der Waals surface area contributed by atoms with Gasteiger partial charge in [0, 0.05) is 36.6 Å². The number of nitrogens with one attached hydrogen (secondary N) is 1. The van der Waals surface area contributed by atoms with Crippen molar-refractivity contribution in [2.75, 3.05) is 33.3 Å². The first-order valence-electron chi connectivity index (χ1n) is 7.22. The molecule has 3 nitrogen and oxygen atoms in total. The average Bonchev–Trinajstić information content (AvgIpc) is 3.06. The number of nitrogens with zero attached hydrogens (tertiary/aromatic N) is 1. The highest BCUT2D eigenvalue weighted by atomic mass is 35.5. The molecule has 1 aromatic carbocycles. The zero-order chi connectivity index (χ0) is 15.5. The van der Waals surface area contributed by atoms with Crippen LogP contribution in [0.15, 0.2) is 29.6 Å². The largest absolute Gasteiger partial charge is 0.494 e. The molecule has 1 fully saturated rings. The fourth-order valence-electron chi connectivity index (χ4n) is 2.85. The van der Waals surface area contributed by atoms with Gasteiger partial charge in [0.05, 0.1) is 13.2 Å². The lowest BCUT2D eigenvalue weighted by atomic mass is 10.0. The first-order valence-corrected chi connectivity index (χ1v) is 8.10. The van der Waals surface area contributed by atoms with Crippen molar-refractivity contribution >= 4 is 23.7 Å². The molecule has 0 saturated carbocycles. The van der Waals surface area contributed by atoms with E-state index in [1.807, 2.05) is 17.5 Å². The van der Waals surface area contributed by atoms with Gasteiger partial charge in [0.1, 0.15) is 5.82 Å². The summed E-state index contributed by atoms with van der Waals surface area (Å²) in [5, 5.41) is 5.20. The van der Waals surface area contributed by atoms with E-state index in [4.69, 9.17) is 4.74 Å². The lowest BCUT2D eigenvalue weighted by Gasteiger charge is -2.35. The number of hydrogen-bond donors (Lipinski definition) is 1. The molecule has 0 spiro atoms. The van der Waals surface area contributed by atoms with E-state index in [9.17, 15) is 8.78 Å². The van der Waals surface area contributed by atoms with Crippen LogP contribution < -0.4 is 10.1 Å². The SMILES string of the molecule is COc1ccc(F)c([C@H](c2cccs2)N2CCNCC2)c1F.Cl. The van der Waals surface area contributed by atoms with Crippen molar-refractivity contribution in [1.29, 1.82) is 0 Å². The van der Waals surface area contributed by atoms with Gasteiger partial charge in [-0.15, -0.1) is 23.7 Å². The van der Waals surface area contributed by atoms with E-state index in [1.54, 1.807) is 0 Å². The van der Waals surface area contributed by atoms with Gasteiger partial charge in [-0.3, -0.25) is 4.90 Å². The maximum absolute atomic E-state index is 14.7. The molecule has 0 amide bonds. The molecule has 126 valence electrons. The second-order valence-electron chi connectivity index (χ2n) is 5.18. The average molecular weight is 361 g/mol. The molecule has 3 rings (SSSR count). The Morgan fingerprint density at radius 1 is 1.22 bits per heavy atom. The minimum atomic E-state index is -0.612. The van der Waals surface area contributed by atoms with Crippen molar-refractivity contribution in [3.8, 4) is 5.75 Å². The van der Waals surface area contributed by atoms with Crippen molar-refractivity contribution in [1.82, 2.24) is 10.2 Å². The molecular weight excluding hydrogens is 342 g/mol. The van der Waals surface area contributed by atoms with E-state index in [0.717, 1.165) is 31.1 Å². The highest BCUT2D eigenvalue weighted by Crippen LogP contribution is 2.37. The Morgan fingerprint density at radius 2 is 1.96 bits per heavy atom. The predicted molar refractivity (Wildman–Crippen MR) is 90.8 cm³/mol. The standard InChI is InChI=1S/C16H18F2N2OS.ClH/c1-21-12-5-4-11(17)14(15(12)18)16(13-3-2-10-22-13)20-8-6-19-7-9-20;/h2-5,10,16,19H,6-9H2,1H3;1H/t16-;/m0./s1. The van der Waals surface area contributed by atoms with Crippen LogP contribution in [0.1, 0.15) is 16.5 Å². The third-order valence-corrected chi connectivity index (χ3v) is 4.84. The molecule has 2 heterocycles. The van der Waals surface area contributed by atoms with Crippen LogP contribution in [0.25, 0.3) is 0 Å². The fraction of sp³-hybridized carbons (Fsp3) is 0.375. The van der Waals surface area contributed by atoms with Crippen molar-refractivity contribution in [2.24, 2.45) is 0 Å². The van der Waals surface area contributed by atoms with Gasteiger partial charge in [0.2, 0.25) is 0 Å². The molecule has 0 radical (unpaired) electrons. The minimum absolute atomic E-state index is 0. The number of hydrogen-bond acceptors (Lipinski definition) is 4. The summed E-state index contributed by atoms with van der Waals surface area (Å²) in [5.74, 6) is -1.07. The number of halogens is 3. The highest BCUT2D eigenvalue weighted by Gasteiger charge is 2.31. The fourth-order valence-corrected chi connectivity index (χ4v) is 3.72. The summed E-state index contributed by atoms with van der Waals surface area (Å²) in [7, 11) is 1.39. The molecule has 23 heavy (non-hydrogen) atoms. The number of methoxy groups -OCH3 is 1. The summed E-state index contributed by atoms with van der Waals surface area (Å²) >= 11 is 1.51. The van der Waals surface area contributed by atoms with Crippen LogP contribution in [0.5, 0.6) is 5.75 Å². The van der Waals surface area contributed by atoms with Crippen molar-refractivity contribution in [2.45, 2.75) is 6.04 Å². The zero-order valence-corrected chi connectivity index (χ0v) is 14.4. The maximum Gasteiger partial charge on any atom is 0.173 e. The van der Waals surface area contributed by atoms with Crippen molar-refractivity contribution in [3.05, 3.63) is 51.7 Å². The molecule has 0 unspecified atom stereocenters. The van der Waals surface area contributed by atoms with E-state index in [-0.39, 0.29) is 23.7 Å². The Labute approximate surface area is 144 Å². The van der Waals surface area contributed by atoms with Crippen LogP contribution in [0.2, 0.25) is 0 Å². The number of ether oxygens (including phenoxy) is 1. The Hall–Kier alpha value is -1.21. The van der Waals surface area contributed by atoms with Gasteiger partial charge in [-0.1, -0.05) is 6.07 Å². The Balaban J connectivity index is 0.00000192. The molecule has 1 aliphatic rings. The van der Waals surface area contributed by atoms with Crippen molar-refractivity contribution < 1.29 is 13.5 Å². The van der Waals surface area contributed by atoms with Gasteiger partial charge < -0.3 is 10.1 Å². The smallest absolute Gasteiger partial charge is 0.173 e. The number of benzene rings is 1. The highest BCUT2D eigenvalue weighted by molar-refractivity contribution is 7.10. The monoisotopic (exact) mass is 360 g/mol. The van der Waals surface area contributed by atoms with Crippen LogP contribution in [-0.4, -0.2) is 38.2 Å². The summed E-state index contributed by atoms with van der Waals surface area (Å²) in [6.45, 7) is 3.13. The molecule has 1 atom stereocenters. The lowest BCUT2D eigenvalue weighted by Crippen LogP contribution is -2.45. The topological polar surface area (TPSA) is 24.5 Å². The number of rotatable bonds is 4. The first kappa shape index (κ1) is 18.1. The molecule has 1 aromatic heterocycles. The molecular formula is C16H19ClF2N2OS. The van der Waals surface area contributed by atoms with Crippen LogP contribution >= 0.6 is 23.7 Å². The number of piperazine rings is 1. The molecule has 0 bridgehead atoms. The second kappa shape index (κ2) is 8.06. The summed E-state index contributed by atoms with van der Waals surface area (Å²) < 4.78 is 34.2. The third kappa shape index (κ3) is 3.66. The Morgan fingerprint density at radius 3 is 2.57 bits per heavy atom. The molecule has 1 N–H and O–H groups in total. The quantitative estimate of drug-likeness (QED) is 0.903. The minimum Gasteiger partial charge on any atom is -0.494 e. The van der Waals surface area contributed by atoms with E-state index < -0.39 is 17.7 Å². The van der Waals surface area contributed by atoms with Gasteiger partial charge in [-0.25, -0.2) is 8.78 Å². The predicted octanol–water partition coefficient (Wildman–Crippen LogP) is 3.45. The van der Waals surface area contributed by atoms with Crippen molar-refractivity contribution in [3.63, 3.8) is 0 Å². The Bertz CT molecular complexity index is 633. The molecule has 0 aliphatic carbocycles. The maximum atomic E-state index is 14.7. The van der Waals surface area contributed by atoms with Gasteiger partial charge in [0.25, 0.3) is 0 Å². The van der Waals surface area contributed by atoms with Gasteiger partial charge in [0.15, 0.2) is 11.6 Å². The number of thiophene rings is 1. The van der Waals surface area contributed by atoms with E-state index >= 15 is 0 Å². The lowest BCUT2D eigenvalue weighted by molar-refractivity contribution is 0.193. The Kier molecular flexibility index (Phi) is 6.35. The molecule has 1 saturated heterocycles. The van der Waals surface area contributed by atoms with Crippen LogP contribution in [0.3, 0.4) is 0 Å². The summed E-state index contributed by atoms with van der Waals surface area (Å²) in [5.41, 5.74) is 0.0729. The van der Waals surface area contributed by atoms with Crippen LogP contribution in [0, 0.1) is 11.6 Å². The van der Waals surface area contributed by atoms with Gasteiger partial charge >= 0.3 is 0 Å². The van der Waals surface area contributed by atoms with E-state index in [0.29, 0.717) is 0 Å². The summed E-state index contributed by atoms with van der Waals surface area (Å²) in [6, 6.07) is 6.02. The van der Waals surface area contributed by atoms with Gasteiger partial charge in [-0.2, -0.15) is 0 Å². The summed E-state index contributed by atoms with van der Waals surface area (Å²) in [4.78, 5) is 3.05. The van der Waals surface area contributed by atoms with Crippen LogP contribution in [0.4, 0.5) is 8.78 Å². The zero-order valence-electron chi connectivity index (χ0n) is 12.7. The second-order valence-corrected chi connectivity index (χ2v) is 6.16.